The van der Waals surface area contributed by atoms with Crippen LogP contribution in [0.15, 0.2) is 5.18 Å². The monoisotopic (exact) mass is 339 g/mol. The number of amides is 1. The smallest absolute Gasteiger partial charge is 0.396 e. The Balaban J connectivity index is 0.00000400. The quantitative estimate of drug-likeness (QED) is 0.193. The highest BCUT2D eigenvalue weighted by Crippen LogP contribution is 2.31. The number of esters is 1. The van der Waals surface area contributed by atoms with Crippen LogP contribution in [0.25, 0.3) is 0 Å². The van der Waals surface area contributed by atoms with Gasteiger partial charge in [-0.1, -0.05) is 5.18 Å². The number of carbonyl (C=O) groups is 2. The molecule has 1 fully saturated rings. The van der Waals surface area contributed by atoms with Gasteiger partial charge in [0.2, 0.25) is 0 Å². The first kappa shape index (κ1) is 20.1. The minimum Gasteiger partial charge on any atom is -1.00 e. The van der Waals surface area contributed by atoms with E-state index in [1.807, 2.05) is 6.92 Å². The third-order valence-corrected chi connectivity index (χ3v) is 4.49. The Morgan fingerprint density at radius 3 is 2.33 bits per heavy atom. The lowest BCUT2D eigenvalue weighted by molar-refractivity contribution is -0.797. The summed E-state index contributed by atoms with van der Waals surface area (Å²) in [6.45, 7) is 6.15. The molecule has 7 nitrogen and oxygen atoms in total. The van der Waals surface area contributed by atoms with Crippen molar-refractivity contribution >= 4 is 24.7 Å². The van der Waals surface area contributed by atoms with E-state index >= 15 is 0 Å². The summed E-state index contributed by atoms with van der Waals surface area (Å²) >= 11 is 4.57. The van der Waals surface area contributed by atoms with Gasteiger partial charge in [0.1, 0.15) is 5.54 Å². The molecular weight excluding hydrogens is 318 g/mol. The lowest BCUT2D eigenvalue weighted by Gasteiger charge is -2.40. The molecule has 1 aliphatic rings. The molecule has 1 amide bonds. The van der Waals surface area contributed by atoms with Crippen molar-refractivity contribution in [3.8, 4) is 0 Å². The Labute approximate surface area is 136 Å². The highest BCUT2D eigenvalue weighted by Gasteiger charge is 2.42. The van der Waals surface area contributed by atoms with Gasteiger partial charge in [0.05, 0.1) is 39.1 Å². The Morgan fingerprint density at radius 2 is 1.90 bits per heavy atom. The van der Waals surface area contributed by atoms with Crippen molar-refractivity contribution in [3.05, 3.63) is 4.91 Å². The molecule has 0 saturated carbocycles. The number of quaternary nitrogens is 1. The van der Waals surface area contributed by atoms with Gasteiger partial charge >= 0.3 is 11.9 Å². The number of piperidine rings is 1. The summed E-state index contributed by atoms with van der Waals surface area (Å²) in [5.41, 5.74) is -0.845. The van der Waals surface area contributed by atoms with Crippen molar-refractivity contribution < 1.29 is 30.6 Å². The van der Waals surface area contributed by atoms with Crippen LogP contribution in [0.2, 0.25) is 0 Å². The molecule has 0 radical (unpaired) electrons. The van der Waals surface area contributed by atoms with E-state index in [0.29, 0.717) is 29.8 Å². The second kappa shape index (κ2) is 8.55. The van der Waals surface area contributed by atoms with Crippen molar-refractivity contribution in [3.63, 3.8) is 0 Å². The van der Waals surface area contributed by atoms with Crippen LogP contribution in [0.5, 0.6) is 0 Å². The van der Waals surface area contributed by atoms with E-state index in [4.69, 9.17) is 0 Å². The molecule has 1 heterocycles. The van der Waals surface area contributed by atoms with Crippen LogP contribution in [-0.4, -0.2) is 54.1 Å². The van der Waals surface area contributed by atoms with Gasteiger partial charge in [-0.2, -0.15) is 4.91 Å². The van der Waals surface area contributed by atoms with E-state index in [-0.39, 0.29) is 25.6 Å². The molecule has 9 heteroatoms. The predicted octanol–water partition coefficient (Wildman–Crippen LogP) is -2.35. The molecule has 1 rings (SSSR count). The Hall–Kier alpha value is -0.860. The van der Waals surface area contributed by atoms with Gasteiger partial charge < -0.3 is 22.5 Å². The zero-order valence-corrected chi connectivity index (χ0v) is 14.0. The Kier molecular flexibility index (Phi) is 8.20. The molecule has 0 aromatic rings. The zero-order chi connectivity index (χ0) is 15.2. The van der Waals surface area contributed by atoms with Crippen molar-refractivity contribution in [1.29, 1.82) is 0 Å². The van der Waals surface area contributed by atoms with E-state index in [0.717, 1.165) is 6.54 Å². The first-order valence-corrected chi connectivity index (χ1v) is 7.18. The van der Waals surface area contributed by atoms with Crippen molar-refractivity contribution in [2.24, 2.45) is 5.18 Å². The van der Waals surface area contributed by atoms with Crippen molar-refractivity contribution in [2.75, 3.05) is 32.8 Å². The average molecular weight is 340 g/mol. The van der Waals surface area contributed by atoms with Gasteiger partial charge in [0, 0.05) is 19.4 Å². The second-order valence-electron chi connectivity index (χ2n) is 5.08. The Bertz CT molecular complexity index is 387. The molecule has 1 N–H and O–H groups in total. The molecule has 1 aliphatic heterocycles. The highest BCUT2D eigenvalue weighted by atomic mass is 35.5. The molecule has 0 bridgehead atoms. The topological polar surface area (TPSA) is 84.8 Å². The maximum Gasteiger partial charge on any atom is 0.396 e. The lowest BCUT2D eigenvalue weighted by atomic mass is 9.88. The summed E-state index contributed by atoms with van der Waals surface area (Å²) in [5.74, 6) is -1.76. The number of rotatable bonds is 5. The van der Waals surface area contributed by atoms with Crippen LogP contribution in [0.3, 0.4) is 0 Å². The zero-order valence-electron chi connectivity index (χ0n) is 12.3. The summed E-state index contributed by atoms with van der Waals surface area (Å²) in [4.78, 5) is 33.8. The predicted molar refractivity (Wildman–Crippen MR) is 76.9 cm³/mol. The number of hydrogen-bond acceptors (Lipinski definition) is 6. The fourth-order valence-electron chi connectivity index (χ4n) is 2.20. The van der Waals surface area contributed by atoms with Gasteiger partial charge in [-0.05, 0) is 13.8 Å². The number of nitrogens with one attached hydrogen (secondary N) is 1. The first-order valence-electron chi connectivity index (χ1n) is 6.78. The summed E-state index contributed by atoms with van der Waals surface area (Å²) in [5, 5.41) is 5.63. The van der Waals surface area contributed by atoms with Gasteiger partial charge in [0.15, 0.2) is 0 Å². The van der Waals surface area contributed by atoms with Crippen LogP contribution in [0.1, 0.15) is 26.7 Å². The number of ether oxygens (including phenoxy) is 1. The van der Waals surface area contributed by atoms with Gasteiger partial charge in [-0.25, -0.2) is 4.79 Å². The van der Waals surface area contributed by atoms with Crippen molar-refractivity contribution in [1.82, 2.24) is 5.32 Å². The molecule has 0 aromatic carbocycles. The molecule has 122 valence electrons. The van der Waals surface area contributed by atoms with E-state index in [2.05, 4.69) is 28.0 Å². The van der Waals surface area contributed by atoms with Crippen LogP contribution >= 0.6 is 12.8 Å². The standard InChI is InChI=1S/C12H21N3O4S.ClH/c1-3-15(20)7-5-12(14-18,6-8-15)9-13-10(16)11(17)19-4-2;/h20H,3-9H2,1-2H3;1H. The number of nitroso groups, excluding NO2 is 1. The number of carbonyl (C=O) groups excluding carboxylic acids is 2. The normalized spacial score (nSPS) is 28.1. The summed E-state index contributed by atoms with van der Waals surface area (Å²) < 4.78 is 5.19. The minimum absolute atomic E-state index is 0. The lowest BCUT2D eigenvalue weighted by Crippen LogP contribution is -3.00. The van der Waals surface area contributed by atoms with E-state index in [1.54, 1.807) is 6.92 Å². The van der Waals surface area contributed by atoms with E-state index < -0.39 is 17.4 Å². The third kappa shape index (κ3) is 5.44. The molecule has 21 heavy (non-hydrogen) atoms. The van der Waals surface area contributed by atoms with Crippen LogP contribution in [0, 0.1) is 4.91 Å². The number of nitrogens with zero attached hydrogens (tertiary/aromatic N) is 2. The summed E-state index contributed by atoms with van der Waals surface area (Å²) in [6.07, 6.45) is 1.08. The van der Waals surface area contributed by atoms with Crippen LogP contribution < -0.4 is 17.7 Å². The molecule has 0 atom stereocenters. The summed E-state index contributed by atoms with van der Waals surface area (Å²) in [6, 6.07) is 0. The maximum absolute atomic E-state index is 11.5. The molecule has 0 spiro atoms. The molecule has 0 aliphatic carbocycles. The summed E-state index contributed by atoms with van der Waals surface area (Å²) in [7, 11) is 0. The second-order valence-corrected chi connectivity index (χ2v) is 5.93. The fraction of sp³-hybridized carbons (Fsp3) is 0.833. The maximum atomic E-state index is 11.5. The van der Waals surface area contributed by atoms with Gasteiger partial charge in [-0.3, -0.25) is 8.68 Å². The van der Waals surface area contributed by atoms with Crippen LogP contribution in [-0.2, 0) is 14.3 Å². The Morgan fingerprint density at radius 1 is 1.33 bits per heavy atom. The third-order valence-electron chi connectivity index (χ3n) is 3.81. The molecule has 0 unspecified atom stereocenters. The molecule has 0 aromatic heterocycles. The van der Waals surface area contributed by atoms with E-state index in [1.165, 1.54) is 0 Å². The highest BCUT2D eigenvalue weighted by molar-refractivity contribution is 7.74. The van der Waals surface area contributed by atoms with Crippen molar-refractivity contribution in [2.45, 2.75) is 32.2 Å². The number of likely N-dealkylation sites (tertiary alicyclic amines) is 1. The average Bonchev–Trinajstić information content (AvgIpc) is 2.47. The SMILES string of the molecule is CCOC(=O)C(=O)NCC1(N=O)CC[N+](S)(CC)CC1.[Cl-]. The largest absolute Gasteiger partial charge is 1.00 e. The number of halogens is 1. The van der Waals surface area contributed by atoms with E-state index in [9.17, 15) is 14.5 Å². The van der Waals surface area contributed by atoms with Crippen LogP contribution in [0.4, 0.5) is 0 Å². The molecule has 1 saturated heterocycles. The number of hydrogen-bond donors (Lipinski definition) is 2. The number of thiol groups is 1. The van der Waals surface area contributed by atoms with Gasteiger partial charge in [0.25, 0.3) is 0 Å². The fourth-order valence-corrected chi connectivity index (χ4v) is 2.40. The minimum atomic E-state index is -0.933. The molecular formula is C12H22ClN3O4S. The first-order chi connectivity index (χ1) is 9.40. The van der Waals surface area contributed by atoms with Gasteiger partial charge in [-0.15, -0.1) is 0 Å².